The molecule has 142 valence electrons. The third-order valence-electron chi connectivity index (χ3n) is 5.27. The number of thiophene rings is 1. The Morgan fingerprint density at radius 3 is 3.00 bits per heavy atom. The number of carbonyl (C=O) groups excluding carboxylic acids is 1. The second kappa shape index (κ2) is 8.72. The topological polar surface area (TPSA) is 41.6 Å². The Labute approximate surface area is 164 Å². The zero-order valence-electron chi connectivity index (χ0n) is 15.5. The normalized spacial score (nSPS) is 20.1. The van der Waals surface area contributed by atoms with E-state index in [1.165, 1.54) is 17.5 Å². The van der Waals surface area contributed by atoms with Gasteiger partial charge in [0.2, 0.25) is 5.91 Å². The first-order valence-electron chi connectivity index (χ1n) is 9.76. The van der Waals surface area contributed by atoms with Crippen LogP contribution in [0.3, 0.4) is 0 Å². The van der Waals surface area contributed by atoms with Crippen LogP contribution < -0.4 is 10.1 Å². The fourth-order valence-corrected chi connectivity index (χ4v) is 4.47. The van der Waals surface area contributed by atoms with Gasteiger partial charge in [0.25, 0.3) is 0 Å². The molecule has 5 heteroatoms. The number of fused-ring (bicyclic) bond motifs is 1. The molecule has 4 nitrogen and oxygen atoms in total. The fraction of sp³-hybridized carbons (Fsp3) is 0.409. The zero-order valence-corrected chi connectivity index (χ0v) is 16.3. The number of hydrogen-bond donors (Lipinski definition) is 1. The van der Waals surface area contributed by atoms with Gasteiger partial charge < -0.3 is 10.1 Å². The third kappa shape index (κ3) is 4.60. The van der Waals surface area contributed by atoms with Crippen LogP contribution in [0.1, 0.15) is 42.9 Å². The van der Waals surface area contributed by atoms with E-state index >= 15 is 0 Å². The smallest absolute Gasteiger partial charge is 0.246 e. The van der Waals surface area contributed by atoms with E-state index in [4.69, 9.17) is 4.74 Å². The number of hydrogen-bond acceptors (Lipinski definition) is 4. The Kier molecular flexibility index (Phi) is 5.90. The van der Waals surface area contributed by atoms with Crippen molar-refractivity contribution in [2.24, 2.45) is 0 Å². The lowest BCUT2D eigenvalue weighted by Gasteiger charge is -2.24. The molecule has 27 heavy (non-hydrogen) atoms. The molecule has 1 aromatic heterocycles. The monoisotopic (exact) mass is 382 g/mol. The molecular weight excluding hydrogens is 356 g/mol. The maximum atomic E-state index is 12.3. The highest BCUT2D eigenvalue weighted by Crippen LogP contribution is 2.31. The zero-order chi connectivity index (χ0) is 18.5. The summed E-state index contributed by atoms with van der Waals surface area (Å²) < 4.78 is 6.32. The molecule has 1 aromatic carbocycles. The molecule has 4 rings (SSSR count). The minimum Gasteiger partial charge on any atom is -0.484 e. The van der Waals surface area contributed by atoms with Gasteiger partial charge in [0.15, 0.2) is 0 Å². The Balaban J connectivity index is 1.40. The summed E-state index contributed by atoms with van der Waals surface area (Å²) in [6, 6.07) is 10.4. The van der Waals surface area contributed by atoms with Crippen molar-refractivity contribution in [3.05, 3.63) is 63.9 Å². The first-order chi connectivity index (χ1) is 13.3. The van der Waals surface area contributed by atoms with Crippen LogP contribution in [0.15, 0.2) is 52.7 Å². The van der Waals surface area contributed by atoms with Crippen LogP contribution in [-0.4, -0.2) is 30.4 Å². The molecular formula is C22H26N2O2S. The summed E-state index contributed by atoms with van der Waals surface area (Å²) in [6.45, 7) is 3.14. The molecule has 0 saturated carbocycles. The number of ether oxygens (including phenoxy) is 1. The standard InChI is InChI=1S/C22H26N2O2S/c25-22(17-6-2-1-3-7-17)23-11-12-24-14-18-8-4-5-9-20(18)26-21(15-24)19-10-13-27-16-19/h4-6,8-10,13,16,21H,1-3,7,11-12,14-15H2,(H,23,25). The number of nitrogens with one attached hydrogen (secondary N) is 1. The molecule has 1 amide bonds. The van der Waals surface area contributed by atoms with Gasteiger partial charge >= 0.3 is 0 Å². The van der Waals surface area contributed by atoms with E-state index in [1.54, 1.807) is 11.3 Å². The Bertz CT molecular complexity index is 800. The van der Waals surface area contributed by atoms with Gasteiger partial charge in [-0.25, -0.2) is 0 Å². The third-order valence-corrected chi connectivity index (χ3v) is 5.97. The summed E-state index contributed by atoms with van der Waals surface area (Å²) in [5.41, 5.74) is 3.39. The summed E-state index contributed by atoms with van der Waals surface area (Å²) >= 11 is 1.70. The highest BCUT2D eigenvalue weighted by atomic mass is 32.1. The predicted molar refractivity (Wildman–Crippen MR) is 109 cm³/mol. The van der Waals surface area contributed by atoms with E-state index in [0.29, 0.717) is 6.54 Å². The van der Waals surface area contributed by atoms with Crippen molar-refractivity contribution in [3.8, 4) is 5.75 Å². The summed E-state index contributed by atoms with van der Waals surface area (Å²) in [5, 5.41) is 7.36. The molecule has 1 aliphatic heterocycles. The van der Waals surface area contributed by atoms with Crippen LogP contribution in [0.25, 0.3) is 0 Å². The van der Waals surface area contributed by atoms with Crippen molar-refractivity contribution in [1.29, 1.82) is 0 Å². The number of benzene rings is 1. The summed E-state index contributed by atoms with van der Waals surface area (Å²) in [5.74, 6) is 1.07. The van der Waals surface area contributed by atoms with Gasteiger partial charge in [-0.15, -0.1) is 0 Å². The van der Waals surface area contributed by atoms with Gasteiger partial charge in [0.1, 0.15) is 11.9 Å². The lowest BCUT2D eigenvalue weighted by molar-refractivity contribution is -0.117. The maximum absolute atomic E-state index is 12.3. The van der Waals surface area contributed by atoms with Crippen molar-refractivity contribution in [2.75, 3.05) is 19.6 Å². The quantitative estimate of drug-likeness (QED) is 0.838. The molecule has 1 aliphatic carbocycles. The van der Waals surface area contributed by atoms with E-state index in [0.717, 1.165) is 50.2 Å². The highest BCUT2D eigenvalue weighted by Gasteiger charge is 2.24. The Morgan fingerprint density at radius 1 is 1.26 bits per heavy atom. The first-order valence-corrected chi connectivity index (χ1v) is 10.7. The average molecular weight is 383 g/mol. The molecule has 1 N–H and O–H groups in total. The molecule has 1 atom stereocenters. The van der Waals surface area contributed by atoms with Crippen LogP contribution in [-0.2, 0) is 11.3 Å². The number of rotatable bonds is 5. The predicted octanol–water partition coefficient (Wildman–Crippen LogP) is 4.30. The van der Waals surface area contributed by atoms with E-state index in [1.807, 2.05) is 6.07 Å². The van der Waals surface area contributed by atoms with Gasteiger partial charge in [-0.2, -0.15) is 11.3 Å². The van der Waals surface area contributed by atoms with Gasteiger partial charge in [-0.05, 0) is 48.6 Å². The fourth-order valence-electron chi connectivity index (χ4n) is 3.77. The van der Waals surface area contributed by atoms with Crippen LogP contribution in [0.5, 0.6) is 5.75 Å². The molecule has 0 saturated heterocycles. The summed E-state index contributed by atoms with van der Waals surface area (Å²) in [7, 11) is 0. The van der Waals surface area contributed by atoms with Gasteiger partial charge in [-0.3, -0.25) is 9.69 Å². The number of para-hydroxylation sites is 1. The molecule has 0 radical (unpaired) electrons. The van der Waals surface area contributed by atoms with E-state index in [9.17, 15) is 4.79 Å². The number of nitrogens with zero attached hydrogens (tertiary/aromatic N) is 1. The molecule has 1 unspecified atom stereocenters. The van der Waals surface area contributed by atoms with Crippen molar-refractivity contribution < 1.29 is 9.53 Å². The number of amides is 1. The molecule has 2 aromatic rings. The highest BCUT2D eigenvalue weighted by molar-refractivity contribution is 7.07. The minimum atomic E-state index is 0.0247. The number of carbonyl (C=O) groups is 1. The first kappa shape index (κ1) is 18.3. The average Bonchev–Trinajstić information content (AvgIpc) is 3.17. The Hall–Kier alpha value is -2.11. The van der Waals surface area contributed by atoms with Crippen molar-refractivity contribution in [2.45, 2.75) is 38.3 Å². The van der Waals surface area contributed by atoms with Gasteiger partial charge in [0, 0.05) is 42.9 Å². The largest absolute Gasteiger partial charge is 0.484 e. The van der Waals surface area contributed by atoms with Crippen LogP contribution in [0.4, 0.5) is 0 Å². The van der Waals surface area contributed by atoms with E-state index in [2.05, 4.69) is 51.3 Å². The van der Waals surface area contributed by atoms with Crippen LogP contribution in [0, 0.1) is 0 Å². The molecule has 2 heterocycles. The second-order valence-electron chi connectivity index (χ2n) is 7.24. The lowest BCUT2D eigenvalue weighted by atomic mass is 9.99. The molecule has 0 fully saturated rings. The van der Waals surface area contributed by atoms with Crippen LogP contribution in [0.2, 0.25) is 0 Å². The van der Waals surface area contributed by atoms with Crippen LogP contribution >= 0.6 is 11.3 Å². The lowest BCUT2D eigenvalue weighted by Crippen LogP contribution is -2.37. The van der Waals surface area contributed by atoms with Crippen molar-refractivity contribution in [1.82, 2.24) is 10.2 Å². The van der Waals surface area contributed by atoms with Gasteiger partial charge in [-0.1, -0.05) is 24.3 Å². The number of allylic oxidation sites excluding steroid dienone is 1. The molecule has 0 spiro atoms. The molecule has 0 bridgehead atoms. The maximum Gasteiger partial charge on any atom is 0.246 e. The SMILES string of the molecule is O=C(NCCN1Cc2ccccc2OC(c2ccsc2)C1)C1=CCCCC1. The summed E-state index contributed by atoms with van der Waals surface area (Å²) in [4.78, 5) is 14.7. The second-order valence-corrected chi connectivity index (χ2v) is 8.02. The van der Waals surface area contributed by atoms with Gasteiger partial charge in [0.05, 0.1) is 0 Å². The minimum absolute atomic E-state index is 0.0247. The molecule has 2 aliphatic rings. The van der Waals surface area contributed by atoms with Crippen molar-refractivity contribution in [3.63, 3.8) is 0 Å². The Morgan fingerprint density at radius 2 is 2.19 bits per heavy atom. The van der Waals surface area contributed by atoms with E-state index in [-0.39, 0.29) is 12.0 Å². The van der Waals surface area contributed by atoms with Crippen molar-refractivity contribution >= 4 is 17.2 Å². The summed E-state index contributed by atoms with van der Waals surface area (Å²) in [6.07, 6.45) is 6.40. The van der Waals surface area contributed by atoms with E-state index < -0.39 is 0 Å².